The van der Waals surface area contributed by atoms with Gasteiger partial charge in [0.15, 0.2) is 0 Å². The molecule has 0 saturated heterocycles. The quantitative estimate of drug-likeness (QED) is 0.741. The van der Waals surface area contributed by atoms with E-state index in [9.17, 15) is 0 Å². The number of ether oxygens (including phenoxy) is 1. The Morgan fingerprint density at radius 1 is 1.25 bits per heavy atom. The van der Waals surface area contributed by atoms with Gasteiger partial charge in [0.05, 0.1) is 10.0 Å². The Bertz CT molecular complexity index is 689. The molecule has 6 heteroatoms. The molecule has 0 spiro atoms. The molecule has 2 aromatic rings. The fourth-order valence-electron chi connectivity index (χ4n) is 1.84. The molecule has 20 heavy (non-hydrogen) atoms. The summed E-state index contributed by atoms with van der Waals surface area (Å²) in [5.74, 6) is 1.08. The molecule has 2 rings (SSSR count). The van der Waals surface area contributed by atoms with Crippen LogP contribution in [0.4, 0.5) is 0 Å². The number of pyridine rings is 1. The number of hydrogen-bond acceptors (Lipinski definition) is 3. The second kappa shape index (κ2) is 6.20. The number of aromatic nitrogens is 1. The van der Waals surface area contributed by atoms with Crippen molar-refractivity contribution in [2.24, 2.45) is 5.73 Å². The highest BCUT2D eigenvalue weighted by Gasteiger charge is 2.15. The van der Waals surface area contributed by atoms with Crippen LogP contribution in [-0.4, -0.2) is 9.97 Å². The Morgan fingerprint density at radius 3 is 2.55 bits per heavy atom. The summed E-state index contributed by atoms with van der Waals surface area (Å²) in [7, 11) is 0. The van der Waals surface area contributed by atoms with E-state index >= 15 is 0 Å². The van der Waals surface area contributed by atoms with E-state index in [0.717, 1.165) is 20.2 Å². The Labute approximate surface area is 139 Å². The fourth-order valence-corrected chi connectivity index (χ4v) is 3.21. The molecule has 1 aromatic carbocycles. The van der Waals surface area contributed by atoms with Crippen molar-refractivity contribution in [3.8, 4) is 11.6 Å². The summed E-state index contributed by atoms with van der Waals surface area (Å²) in [6.07, 6.45) is 0. The lowest BCUT2D eigenvalue weighted by Crippen LogP contribution is -2.14. The Balaban J connectivity index is 2.50. The van der Waals surface area contributed by atoms with Crippen LogP contribution in [0, 0.1) is 13.8 Å². The Hall–Kier alpha value is -0.980. The largest absolute Gasteiger partial charge is 0.437 e. The van der Waals surface area contributed by atoms with Crippen molar-refractivity contribution in [1.82, 2.24) is 4.98 Å². The SMILES string of the molecule is Cc1cc(C)c(C(N)=S)c(Oc2ccc(Br)cc2Br)n1. The Morgan fingerprint density at radius 2 is 1.95 bits per heavy atom. The zero-order chi connectivity index (χ0) is 14.9. The third kappa shape index (κ3) is 3.37. The van der Waals surface area contributed by atoms with E-state index in [2.05, 4.69) is 36.8 Å². The van der Waals surface area contributed by atoms with Crippen LogP contribution in [-0.2, 0) is 0 Å². The van der Waals surface area contributed by atoms with Crippen LogP contribution in [0.1, 0.15) is 16.8 Å². The average Bonchev–Trinajstić information content (AvgIpc) is 2.31. The first-order valence-electron chi connectivity index (χ1n) is 5.79. The first-order valence-corrected chi connectivity index (χ1v) is 7.79. The van der Waals surface area contributed by atoms with E-state index in [1.165, 1.54) is 0 Å². The van der Waals surface area contributed by atoms with Crippen molar-refractivity contribution in [2.75, 3.05) is 0 Å². The smallest absolute Gasteiger partial charge is 0.230 e. The molecule has 0 aliphatic rings. The maximum Gasteiger partial charge on any atom is 0.230 e. The highest BCUT2D eigenvalue weighted by molar-refractivity contribution is 9.11. The molecule has 0 unspecified atom stereocenters. The third-order valence-corrected chi connectivity index (χ3v) is 3.98. The molecule has 0 aliphatic carbocycles. The van der Waals surface area contributed by atoms with Gasteiger partial charge in [-0.15, -0.1) is 0 Å². The maximum atomic E-state index is 5.87. The van der Waals surface area contributed by atoms with Crippen LogP contribution in [0.3, 0.4) is 0 Å². The standard InChI is InChI=1S/C14H12Br2N2OS/c1-7-5-8(2)18-14(12(7)13(17)20)19-11-4-3-9(15)6-10(11)16/h3-6H,1-2H3,(H2,17,20). The minimum absolute atomic E-state index is 0.276. The normalized spacial score (nSPS) is 10.4. The minimum atomic E-state index is 0.276. The van der Waals surface area contributed by atoms with Gasteiger partial charge in [-0.05, 0) is 59.6 Å². The first-order chi connectivity index (χ1) is 9.38. The molecule has 2 N–H and O–H groups in total. The summed E-state index contributed by atoms with van der Waals surface area (Å²) >= 11 is 11.9. The second-order valence-corrected chi connectivity index (χ2v) is 6.51. The van der Waals surface area contributed by atoms with E-state index in [1.54, 1.807) is 0 Å². The van der Waals surface area contributed by atoms with Gasteiger partial charge in [0, 0.05) is 10.2 Å². The summed E-state index contributed by atoms with van der Waals surface area (Å²) in [6, 6.07) is 7.57. The van der Waals surface area contributed by atoms with Gasteiger partial charge in [-0.25, -0.2) is 4.98 Å². The summed E-state index contributed by atoms with van der Waals surface area (Å²) in [4.78, 5) is 4.67. The average molecular weight is 416 g/mol. The zero-order valence-electron chi connectivity index (χ0n) is 10.9. The van der Waals surface area contributed by atoms with Crippen LogP contribution in [0.2, 0.25) is 0 Å². The molecule has 0 amide bonds. The van der Waals surface area contributed by atoms with Gasteiger partial charge in [-0.1, -0.05) is 28.1 Å². The molecule has 0 radical (unpaired) electrons. The van der Waals surface area contributed by atoms with Gasteiger partial charge < -0.3 is 10.5 Å². The predicted octanol–water partition coefficient (Wildman–Crippen LogP) is 4.65. The molecule has 0 atom stereocenters. The van der Waals surface area contributed by atoms with Gasteiger partial charge >= 0.3 is 0 Å². The molecular weight excluding hydrogens is 404 g/mol. The van der Waals surface area contributed by atoms with Crippen molar-refractivity contribution in [3.05, 3.63) is 50.0 Å². The Kier molecular flexibility index (Phi) is 4.78. The van der Waals surface area contributed by atoms with Crippen LogP contribution < -0.4 is 10.5 Å². The first kappa shape index (κ1) is 15.4. The van der Waals surface area contributed by atoms with E-state index in [-0.39, 0.29) is 4.99 Å². The van der Waals surface area contributed by atoms with Crippen LogP contribution in [0.5, 0.6) is 11.6 Å². The lowest BCUT2D eigenvalue weighted by molar-refractivity contribution is 0.457. The van der Waals surface area contributed by atoms with Crippen molar-refractivity contribution in [2.45, 2.75) is 13.8 Å². The molecule has 0 fully saturated rings. The predicted molar refractivity (Wildman–Crippen MR) is 91.5 cm³/mol. The zero-order valence-corrected chi connectivity index (χ0v) is 14.9. The van der Waals surface area contributed by atoms with Gasteiger partial charge in [0.25, 0.3) is 0 Å². The molecule has 0 bridgehead atoms. The highest BCUT2D eigenvalue weighted by atomic mass is 79.9. The van der Waals surface area contributed by atoms with E-state index in [1.807, 2.05) is 38.1 Å². The van der Waals surface area contributed by atoms with E-state index in [4.69, 9.17) is 22.7 Å². The van der Waals surface area contributed by atoms with Gasteiger partial charge in [-0.3, -0.25) is 0 Å². The van der Waals surface area contributed by atoms with Crippen molar-refractivity contribution >= 4 is 49.1 Å². The number of nitrogens with two attached hydrogens (primary N) is 1. The lowest BCUT2D eigenvalue weighted by Gasteiger charge is -2.13. The number of hydrogen-bond donors (Lipinski definition) is 1. The summed E-state index contributed by atoms with van der Waals surface area (Å²) in [6.45, 7) is 3.84. The molecule has 1 heterocycles. The maximum absolute atomic E-state index is 5.87. The van der Waals surface area contributed by atoms with Gasteiger partial charge in [0.1, 0.15) is 10.7 Å². The molecule has 0 saturated carbocycles. The monoisotopic (exact) mass is 414 g/mol. The summed E-state index contributed by atoms with van der Waals surface area (Å²) in [5, 5.41) is 0. The van der Waals surface area contributed by atoms with Gasteiger partial charge in [0.2, 0.25) is 5.88 Å². The van der Waals surface area contributed by atoms with Gasteiger partial charge in [-0.2, -0.15) is 0 Å². The topological polar surface area (TPSA) is 48.1 Å². The van der Waals surface area contributed by atoms with Crippen LogP contribution in [0.25, 0.3) is 0 Å². The molecular formula is C14H12Br2N2OS. The molecule has 0 aliphatic heterocycles. The number of thiocarbonyl (C=S) groups is 1. The number of halogens is 2. The van der Waals surface area contributed by atoms with E-state index in [0.29, 0.717) is 17.2 Å². The van der Waals surface area contributed by atoms with E-state index < -0.39 is 0 Å². The number of benzene rings is 1. The van der Waals surface area contributed by atoms with Crippen molar-refractivity contribution < 1.29 is 4.74 Å². The van der Waals surface area contributed by atoms with Crippen molar-refractivity contribution in [3.63, 3.8) is 0 Å². The summed E-state index contributed by atoms with van der Waals surface area (Å²) in [5.41, 5.74) is 8.25. The van der Waals surface area contributed by atoms with Crippen molar-refractivity contribution in [1.29, 1.82) is 0 Å². The van der Waals surface area contributed by atoms with Crippen LogP contribution >= 0.6 is 44.1 Å². The number of nitrogens with zero attached hydrogens (tertiary/aromatic N) is 1. The third-order valence-electron chi connectivity index (χ3n) is 2.66. The molecule has 104 valence electrons. The molecule has 1 aromatic heterocycles. The second-order valence-electron chi connectivity index (χ2n) is 4.30. The molecule has 3 nitrogen and oxygen atoms in total. The lowest BCUT2D eigenvalue weighted by atomic mass is 10.1. The fraction of sp³-hybridized carbons (Fsp3) is 0.143. The number of aryl methyl sites for hydroxylation is 2. The van der Waals surface area contributed by atoms with Crippen LogP contribution in [0.15, 0.2) is 33.2 Å². The highest BCUT2D eigenvalue weighted by Crippen LogP contribution is 2.33. The minimum Gasteiger partial charge on any atom is -0.437 e. The summed E-state index contributed by atoms with van der Waals surface area (Å²) < 4.78 is 7.65. The number of rotatable bonds is 3.